The summed E-state index contributed by atoms with van der Waals surface area (Å²) >= 11 is 0. The molecule has 0 aliphatic carbocycles. The van der Waals surface area contributed by atoms with E-state index in [-0.39, 0.29) is 11.8 Å². The van der Waals surface area contributed by atoms with Gasteiger partial charge in [-0.15, -0.1) is 0 Å². The number of hydrogen-bond donors (Lipinski definition) is 2. The number of nitrogens with zero attached hydrogens (tertiary/aromatic N) is 1. The highest BCUT2D eigenvalue weighted by Gasteiger charge is 2.10. The van der Waals surface area contributed by atoms with Gasteiger partial charge in [0.25, 0.3) is 5.91 Å². The summed E-state index contributed by atoms with van der Waals surface area (Å²) in [6.45, 7) is 0. The van der Waals surface area contributed by atoms with Crippen molar-refractivity contribution in [1.29, 1.82) is 0 Å². The Balaban J connectivity index is 1.71. The van der Waals surface area contributed by atoms with E-state index in [1.54, 1.807) is 55.8 Å². The molecule has 0 saturated carbocycles. The molecular weight excluding hydrogens is 354 g/mol. The normalized spacial score (nSPS) is 10.5. The molecule has 0 bridgehead atoms. The topological polar surface area (TPSA) is 80.3 Å². The highest BCUT2D eigenvalue weighted by atomic mass is 16.5. The van der Waals surface area contributed by atoms with Crippen LogP contribution in [0.5, 0.6) is 5.75 Å². The van der Waals surface area contributed by atoms with E-state index in [9.17, 15) is 9.59 Å². The van der Waals surface area contributed by atoms with E-state index < -0.39 is 0 Å². The summed E-state index contributed by atoms with van der Waals surface area (Å²) in [6.07, 6.45) is 6.16. The summed E-state index contributed by atoms with van der Waals surface area (Å²) < 4.78 is 5.27. The molecule has 2 amide bonds. The molecule has 2 N–H and O–H groups in total. The predicted octanol–water partition coefficient (Wildman–Crippen LogP) is 3.99. The maximum atomic E-state index is 12.3. The number of methoxy groups -OCH3 is 1. The minimum atomic E-state index is -0.325. The quantitative estimate of drug-likeness (QED) is 0.640. The second kappa shape index (κ2) is 9.14. The maximum absolute atomic E-state index is 12.3. The Kier molecular flexibility index (Phi) is 6.15. The number of nitrogens with one attached hydrogen (secondary N) is 2. The van der Waals surface area contributed by atoms with Crippen molar-refractivity contribution in [2.45, 2.75) is 0 Å². The fourth-order valence-corrected chi connectivity index (χ4v) is 2.54. The minimum absolute atomic E-state index is 0.306. The molecule has 0 saturated heterocycles. The molecule has 6 nitrogen and oxygen atoms in total. The summed E-state index contributed by atoms with van der Waals surface area (Å²) in [5.74, 6) is 0.0454. The van der Waals surface area contributed by atoms with Crippen molar-refractivity contribution in [1.82, 2.24) is 4.98 Å². The first kappa shape index (κ1) is 18.8. The zero-order chi connectivity index (χ0) is 19.8. The number of carbonyl (C=O) groups excluding carboxylic acids is 2. The monoisotopic (exact) mass is 373 g/mol. The number of anilines is 2. The van der Waals surface area contributed by atoms with Gasteiger partial charge in [-0.25, -0.2) is 0 Å². The second-order valence-electron chi connectivity index (χ2n) is 5.81. The standard InChI is InChI=1S/C22H19N3O3/c1-28-20-11-5-2-7-16(20)12-13-21(26)24-18-9-3-4-10-19(18)25-22(27)17-8-6-14-23-15-17/h2-15H,1H3,(H,24,26)(H,25,27)/b13-12+. The van der Waals surface area contributed by atoms with Gasteiger partial charge < -0.3 is 15.4 Å². The Morgan fingerprint density at radius 2 is 1.64 bits per heavy atom. The summed E-state index contributed by atoms with van der Waals surface area (Å²) in [6, 6.07) is 17.7. The smallest absolute Gasteiger partial charge is 0.257 e. The van der Waals surface area contributed by atoms with E-state index in [2.05, 4.69) is 15.6 Å². The van der Waals surface area contributed by atoms with Gasteiger partial charge in [-0.1, -0.05) is 30.3 Å². The van der Waals surface area contributed by atoms with Crippen molar-refractivity contribution < 1.29 is 14.3 Å². The van der Waals surface area contributed by atoms with Crippen molar-refractivity contribution in [3.8, 4) is 5.75 Å². The van der Waals surface area contributed by atoms with Crippen LogP contribution < -0.4 is 15.4 Å². The number of benzene rings is 2. The van der Waals surface area contributed by atoms with Gasteiger partial charge in [0.15, 0.2) is 0 Å². The molecule has 0 aliphatic rings. The number of ether oxygens (including phenoxy) is 1. The average molecular weight is 373 g/mol. The van der Waals surface area contributed by atoms with Crippen molar-refractivity contribution in [2.75, 3.05) is 17.7 Å². The molecule has 0 radical (unpaired) electrons. The first-order valence-electron chi connectivity index (χ1n) is 8.60. The number of pyridine rings is 1. The molecule has 0 fully saturated rings. The van der Waals surface area contributed by atoms with Crippen LogP contribution in [0.4, 0.5) is 11.4 Å². The van der Waals surface area contributed by atoms with E-state index in [1.807, 2.05) is 24.3 Å². The summed E-state index contributed by atoms with van der Waals surface area (Å²) in [4.78, 5) is 28.6. The molecule has 3 aromatic rings. The molecular formula is C22H19N3O3. The maximum Gasteiger partial charge on any atom is 0.257 e. The van der Waals surface area contributed by atoms with Gasteiger partial charge in [0.05, 0.1) is 24.0 Å². The molecule has 140 valence electrons. The molecule has 28 heavy (non-hydrogen) atoms. The lowest BCUT2D eigenvalue weighted by molar-refractivity contribution is -0.111. The van der Waals surface area contributed by atoms with Crippen LogP contribution in [0.25, 0.3) is 6.08 Å². The average Bonchev–Trinajstić information content (AvgIpc) is 2.74. The number of carbonyl (C=O) groups is 2. The highest BCUT2D eigenvalue weighted by molar-refractivity contribution is 6.09. The molecule has 6 heteroatoms. The van der Waals surface area contributed by atoms with Crippen LogP contribution >= 0.6 is 0 Å². The van der Waals surface area contributed by atoms with E-state index in [0.29, 0.717) is 22.7 Å². The third-order valence-corrected chi connectivity index (χ3v) is 3.91. The number of rotatable bonds is 6. The first-order valence-corrected chi connectivity index (χ1v) is 8.60. The van der Waals surface area contributed by atoms with E-state index in [4.69, 9.17) is 4.74 Å². The lowest BCUT2D eigenvalue weighted by Crippen LogP contribution is -2.15. The number of amides is 2. The van der Waals surface area contributed by atoms with Crippen LogP contribution in [0, 0.1) is 0 Å². The summed E-state index contributed by atoms with van der Waals surface area (Å²) in [7, 11) is 1.58. The first-order chi connectivity index (χ1) is 13.7. The number of para-hydroxylation sites is 3. The van der Waals surface area contributed by atoms with E-state index in [1.165, 1.54) is 12.3 Å². The van der Waals surface area contributed by atoms with Crippen LogP contribution in [0.3, 0.4) is 0 Å². The zero-order valence-electron chi connectivity index (χ0n) is 15.3. The fraction of sp³-hybridized carbons (Fsp3) is 0.0455. The van der Waals surface area contributed by atoms with Gasteiger partial charge in [-0.05, 0) is 36.4 Å². The highest BCUT2D eigenvalue weighted by Crippen LogP contribution is 2.22. The van der Waals surface area contributed by atoms with E-state index >= 15 is 0 Å². The van der Waals surface area contributed by atoms with Crippen molar-refractivity contribution in [3.63, 3.8) is 0 Å². The van der Waals surface area contributed by atoms with Crippen LogP contribution in [0.15, 0.2) is 79.1 Å². The van der Waals surface area contributed by atoms with Gasteiger partial charge >= 0.3 is 0 Å². The molecule has 1 heterocycles. The Morgan fingerprint density at radius 3 is 2.36 bits per heavy atom. The van der Waals surface area contributed by atoms with Crippen LogP contribution in [-0.2, 0) is 4.79 Å². The van der Waals surface area contributed by atoms with Gasteiger partial charge in [0.2, 0.25) is 5.91 Å². The fourth-order valence-electron chi connectivity index (χ4n) is 2.54. The molecule has 0 unspecified atom stereocenters. The van der Waals surface area contributed by atoms with Gasteiger partial charge in [0.1, 0.15) is 5.75 Å². The largest absolute Gasteiger partial charge is 0.496 e. The third kappa shape index (κ3) is 4.82. The van der Waals surface area contributed by atoms with Crippen molar-refractivity contribution in [3.05, 3.63) is 90.3 Å². The Morgan fingerprint density at radius 1 is 0.929 bits per heavy atom. The van der Waals surface area contributed by atoms with E-state index in [0.717, 1.165) is 5.56 Å². The Bertz CT molecular complexity index is 1000. The summed E-state index contributed by atoms with van der Waals surface area (Å²) in [5.41, 5.74) is 2.21. The van der Waals surface area contributed by atoms with Crippen LogP contribution in [0.2, 0.25) is 0 Å². The summed E-state index contributed by atoms with van der Waals surface area (Å²) in [5, 5.41) is 5.56. The Hall–Kier alpha value is -3.93. The predicted molar refractivity (Wildman–Crippen MR) is 109 cm³/mol. The van der Waals surface area contributed by atoms with Gasteiger partial charge in [-0.3, -0.25) is 14.6 Å². The lowest BCUT2D eigenvalue weighted by atomic mass is 10.2. The molecule has 2 aromatic carbocycles. The SMILES string of the molecule is COc1ccccc1/C=C/C(=O)Nc1ccccc1NC(=O)c1cccnc1. The molecule has 0 atom stereocenters. The van der Waals surface area contributed by atoms with Crippen LogP contribution in [0.1, 0.15) is 15.9 Å². The third-order valence-electron chi connectivity index (χ3n) is 3.91. The molecule has 0 spiro atoms. The minimum Gasteiger partial charge on any atom is -0.496 e. The number of hydrogen-bond acceptors (Lipinski definition) is 4. The van der Waals surface area contributed by atoms with Crippen LogP contribution in [-0.4, -0.2) is 23.9 Å². The van der Waals surface area contributed by atoms with Crippen molar-refractivity contribution >= 4 is 29.3 Å². The Labute approximate surface area is 162 Å². The lowest BCUT2D eigenvalue weighted by Gasteiger charge is -2.11. The molecule has 1 aromatic heterocycles. The van der Waals surface area contributed by atoms with Crippen molar-refractivity contribution in [2.24, 2.45) is 0 Å². The van der Waals surface area contributed by atoms with Gasteiger partial charge in [-0.2, -0.15) is 0 Å². The van der Waals surface area contributed by atoms with Gasteiger partial charge in [0, 0.05) is 24.0 Å². The molecule has 0 aliphatic heterocycles. The second-order valence-corrected chi connectivity index (χ2v) is 5.81. The zero-order valence-corrected chi connectivity index (χ0v) is 15.3. The number of aromatic nitrogens is 1. The molecule has 3 rings (SSSR count).